The van der Waals surface area contributed by atoms with Crippen LogP contribution in [0.1, 0.15) is 31.2 Å². The molecule has 1 aliphatic heterocycles. The first-order chi connectivity index (χ1) is 8.68. The Morgan fingerprint density at radius 3 is 2.50 bits per heavy atom. The topological polar surface area (TPSA) is 46.4 Å². The third kappa shape index (κ3) is 3.29. The molecule has 18 heavy (non-hydrogen) atoms. The summed E-state index contributed by atoms with van der Waals surface area (Å²) in [6.45, 7) is 2.98. The molecule has 1 aromatic carbocycles. The molecule has 1 saturated heterocycles. The summed E-state index contributed by atoms with van der Waals surface area (Å²) in [4.78, 5) is 12.9. The van der Waals surface area contributed by atoms with Gasteiger partial charge in [-0.15, -0.1) is 0 Å². The van der Waals surface area contributed by atoms with Gasteiger partial charge in [-0.2, -0.15) is 0 Å². The molecular weight excluding hydrogens is 296 g/mol. The molecule has 0 radical (unpaired) electrons. The zero-order valence-corrected chi connectivity index (χ0v) is 11.9. The van der Waals surface area contributed by atoms with Gasteiger partial charge in [-0.25, -0.2) is 0 Å². The van der Waals surface area contributed by atoms with Gasteiger partial charge in [0, 0.05) is 12.6 Å². The van der Waals surface area contributed by atoms with Crippen molar-refractivity contribution in [3.05, 3.63) is 38.3 Å². The van der Waals surface area contributed by atoms with Crippen molar-refractivity contribution in [2.75, 3.05) is 13.1 Å². The Bertz CT molecular complexity index is 429. The lowest BCUT2D eigenvalue weighted by Gasteiger charge is -2.20. The van der Waals surface area contributed by atoms with Gasteiger partial charge in [-0.05, 0) is 47.4 Å². The number of hydrogen-bond acceptors (Lipinski definition) is 3. The minimum absolute atomic E-state index is 0.155. The molecule has 4 nitrogen and oxygen atoms in total. The second-order valence-corrected chi connectivity index (χ2v) is 5.49. The number of rotatable bonds is 3. The van der Waals surface area contributed by atoms with Crippen molar-refractivity contribution in [2.24, 2.45) is 0 Å². The van der Waals surface area contributed by atoms with Gasteiger partial charge in [0.05, 0.1) is 9.40 Å². The van der Waals surface area contributed by atoms with Crippen LogP contribution in [-0.4, -0.2) is 22.9 Å². The van der Waals surface area contributed by atoms with Crippen molar-refractivity contribution in [3.8, 4) is 0 Å². The van der Waals surface area contributed by atoms with Crippen LogP contribution in [0.2, 0.25) is 0 Å². The number of benzene rings is 1. The third-order valence-electron chi connectivity index (χ3n) is 3.35. The second-order valence-electron chi connectivity index (χ2n) is 4.70. The monoisotopic (exact) mass is 312 g/mol. The largest absolute Gasteiger partial charge is 0.299 e. The van der Waals surface area contributed by atoms with E-state index >= 15 is 0 Å². The van der Waals surface area contributed by atoms with Crippen LogP contribution in [0.3, 0.4) is 0 Å². The molecule has 0 unspecified atom stereocenters. The smallest absolute Gasteiger partial charge is 0.283 e. The average Bonchev–Trinajstić information content (AvgIpc) is 2.60. The molecule has 0 spiro atoms. The van der Waals surface area contributed by atoms with Gasteiger partial charge in [0.1, 0.15) is 0 Å². The van der Waals surface area contributed by atoms with Crippen molar-refractivity contribution in [2.45, 2.75) is 32.2 Å². The molecule has 0 aromatic heterocycles. The van der Waals surface area contributed by atoms with Crippen molar-refractivity contribution in [1.29, 1.82) is 0 Å². The first kappa shape index (κ1) is 13.5. The molecular formula is C13H17BrN2O2. The first-order valence-electron chi connectivity index (χ1n) is 6.32. The van der Waals surface area contributed by atoms with E-state index in [1.54, 1.807) is 6.07 Å². The third-order valence-corrected chi connectivity index (χ3v) is 4.26. The van der Waals surface area contributed by atoms with Crippen LogP contribution in [0.5, 0.6) is 0 Å². The predicted octanol–water partition coefficient (Wildman–Crippen LogP) is 3.73. The summed E-state index contributed by atoms with van der Waals surface area (Å²) in [7, 11) is 0. The summed E-state index contributed by atoms with van der Waals surface area (Å²) in [5.74, 6) is 0. The lowest BCUT2D eigenvalue weighted by molar-refractivity contribution is -0.385. The fourth-order valence-corrected chi connectivity index (χ4v) is 2.90. The number of nitro benzene ring substituents is 1. The van der Waals surface area contributed by atoms with E-state index in [-0.39, 0.29) is 10.6 Å². The minimum atomic E-state index is -0.337. The lowest BCUT2D eigenvalue weighted by Crippen LogP contribution is -2.24. The quantitative estimate of drug-likeness (QED) is 0.631. The summed E-state index contributed by atoms with van der Waals surface area (Å²) in [5, 5.41) is 10.9. The fraction of sp³-hybridized carbons (Fsp3) is 0.538. The van der Waals surface area contributed by atoms with Gasteiger partial charge in [0.15, 0.2) is 0 Å². The van der Waals surface area contributed by atoms with E-state index in [0.29, 0.717) is 4.47 Å². The summed E-state index contributed by atoms with van der Waals surface area (Å²) >= 11 is 3.36. The van der Waals surface area contributed by atoms with Gasteiger partial charge < -0.3 is 0 Å². The molecule has 1 heterocycles. The molecule has 1 aromatic rings. The normalized spacial score (nSPS) is 17.4. The first-order valence-corrected chi connectivity index (χ1v) is 7.12. The van der Waals surface area contributed by atoms with Crippen LogP contribution in [0, 0.1) is 10.1 Å². The van der Waals surface area contributed by atoms with Crippen molar-refractivity contribution in [1.82, 2.24) is 4.90 Å². The highest BCUT2D eigenvalue weighted by atomic mass is 79.9. The predicted molar refractivity (Wildman–Crippen MR) is 74.5 cm³/mol. The summed E-state index contributed by atoms with van der Waals surface area (Å²) < 4.78 is 0.624. The Morgan fingerprint density at radius 2 is 1.89 bits per heavy atom. The Morgan fingerprint density at radius 1 is 1.22 bits per heavy atom. The number of likely N-dealkylation sites (tertiary alicyclic amines) is 1. The van der Waals surface area contributed by atoms with Crippen LogP contribution in [0.25, 0.3) is 0 Å². The van der Waals surface area contributed by atoms with E-state index < -0.39 is 0 Å². The van der Waals surface area contributed by atoms with Gasteiger partial charge in [-0.1, -0.05) is 25.0 Å². The van der Waals surface area contributed by atoms with Gasteiger partial charge >= 0.3 is 0 Å². The van der Waals surface area contributed by atoms with Gasteiger partial charge in [-0.3, -0.25) is 15.0 Å². The summed E-state index contributed by atoms with van der Waals surface area (Å²) in [6, 6.07) is 5.26. The number of halogens is 1. The van der Waals surface area contributed by atoms with Crippen molar-refractivity contribution < 1.29 is 4.92 Å². The minimum Gasteiger partial charge on any atom is -0.299 e. The average molecular weight is 313 g/mol. The highest BCUT2D eigenvalue weighted by Gasteiger charge is 2.17. The van der Waals surface area contributed by atoms with Crippen LogP contribution in [0.4, 0.5) is 5.69 Å². The highest BCUT2D eigenvalue weighted by molar-refractivity contribution is 9.10. The molecule has 98 valence electrons. The summed E-state index contributed by atoms with van der Waals surface area (Å²) in [5.41, 5.74) is 1.16. The fourth-order valence-electron chi connectivity index (χ4n) is 2.36. The molecule has 0 amide bonds. The lowest BCUT2D eigenvalue weighted by atomic mass is 10.2. The maximum absolute atomic E-state index is 10.9. The SMILES string of the molecule is O=[N+]([O-])c1cccc(CN2CCCCCC2)c1Br. The number of nitrogens with zero attached hydrogens (tertiary/aromatic N) is 2. The molecule has 5 heteroatoms. The Kier molecular flexibility index (Phi) is 4.72. The van der Waals surface area contributed by atoms with Crippen LogP contribution >= 0.6 is 15.9 Å². The molecule has 2 rings (SSSR count). The number of hydrogen-bond donors (Lipinski definition) is 0. The van der Waals surface area contributed by atoms with E-state index in [4.69, 9.17) is 0 Å². The van der Waals surface area contributed by atoms with Crippen LogP contribution in [0.15, 0.2) is 22.7 Å². The Labute approximate surface area is 115 Å². The van der Waals surface area contributed by atoms with Gasteiger partial charge in [0.2, 0.25) is 0 Å². The Hall–Kier alpha value is -0.940. The van der Waals surface area contributed by atoms with Crippen LogP contribution in [-0.2, 0) is 6.54 Å². The second kappa shape index (κ2) is 6.29. The molecule has 0 atom stereocenters. The highest BCUT2D eigenvalue weighted by Crippen LogP contribution is 2.29. The molecule has 1 fully saturated rings. The zero-order valence-electron chi connectivity index (χ0n) is 10.3. The van der Waals surface area contributed by atoms with E-state index in [9.17, 15) is 10.1 Å². The zero-order chi connectivity index (χ0) is 13.0. The standard InChI is InChI=1S/C13H17BrN2O2/c14-13-11(6-5-7-12(13)16(17)18)10-15-8-3-1-2-4-9-15/h5-7H,1-4,8-10H2. The maximum Gasteiger partial charge on any atom is 0.283 e. The molecule has 0 bridgehead atoms. The summed E-state index contributed by atoms with van der Waals surface area (Å²) in [6.07, 6.45) is 5.05. The van der Waals surface area contributed by atoms with Crippen molar-refractivity contribution in [3.63, 3.8) is 0 Å². The van der Waals surface area contributed by atoms with E-state index in [0.717, 1.165) is 25.2 Å². The van der Waals surface area contributed by atoms with Crippen LogP contribution < -0.4 is 0 Å². The van der Waals surface area contributed by atoms with E-state index in [2.05, 4.69) is 20.8 Å². The van der Waals surface area contributed by atoms with E-state index in [1.807, 2.05) is 6.07 Å². The molecule has 1 aliphatic rings. The molecule has 0 N–H and O–H groups in total. The molecule has 0 aliphatic carbocycles. The van der Waals surface area contributed by atoms with E-state index in [1.165, 1.54) is 31.7 Å². The molecule has 0 saturated carbocycles. The van der Waals surface area contributed by atoms with Crippen molar-refractivity contribution >= 4 is 21.6 Å². The van der Waals surface area contributed by atoms with Gasteiger partial charge in [0.25, 0.3) is 5.69 Å². The Balaban J connectivity index is 2.13. The number of nitro groups is 1. The maximum atomic E-state index is 10.9.